The highest BCUT2D eigenvalue weighted by Gasteiger charge is 2.30. The number of hydrogen-bond donors (Lipinski definition) is 4. The summed E-state index contributed by atoms with van der Waals surface area (Å²) >= 11 is 0. The molecule has 2 amide bonds. The molecule has 0 aliphatic rings. The summed E-state index contributed by atoms with van der Waals surface area (Å²) in [4.78, 5) is 66.4. The van der Waals surface area contributed by atoms with Gasteiger partial charge in [-0.2, -0.15) is 19.2 Å². The van der Waals surface area contributed by atoms with Gasteiger partial charge in [0.2, 0.25) is 0 Å². The lowest BCUT2D eigenvalue weighted by Crippen LogP contribution is -2.46. The van der Waals surface area contributed by atoms with Gasteiger partial charge in [0, 0.05) is 18.7 Å². The van der Waals surface area contributed by atoms with Gasteiger partial charge in [-0.15, -0.1) is 0 Å². The van der Waals surface area contributed by atoms with Gasteiger partial charge in [0.15, 0.2) is 0 Å². The van der Waals surface area contributed by atoms with Gasteiger partial charge in [0.1, 0.15) is 11.2 Å². The molecule has 228 valence electrons. The largest absolute Gasteiger partial charge is 0.481 e. The van der Waals surface area contributed by atoms with Crippen LogP contribution in [0.2, 0.25) is 0 Å². The van der Waals surface area contributed by atoms with Crippen LogP contribution in [-0.2, 0) is 33.4 Å². The number of nitrogens with one attached hydrogen (secondary N) is 2. The van der Waals surface area contributed by atoms with Crippen LogP contribution in [-0.4, -0.2) is 70.6 Å². The number of carbonyl (C=O) groups excluding carboxylic acids is 6. The highest BCUT2D eigenvalue weighted by Crippen LogP contribution is 2.23. The number of hydrogen-bond acceptors (Lipinski definition) is 10. The van der Waals surface area contributed by atoms with Gasteiger partial charge in [-0.3, -0.25) is 4.79 Å². The highest BCUT2D eigenvalue weighted by atomic mass is 16.6. The van der Waals surface area contributed by atoms with Crippen molar-refractivity contribution in [3.63, 3.8) is 0 Å². The van der Waals surface area contributed by atoms with Crippen molar-refractivity contribution in [1.29, 1.82) is 0 Å². The van der Waals surface area contributed by atoms with E-state index < -0.39 is 35.4 Å². The van der Waals surface area contributed by atoms with Gasteiger partial charge in [-0.05, 0) is 58.8 Å². The minimum Gasteiger partial charge on any atom is -0.481 e. The molecule has 2 atom stereocenters. The highest BCUT2D eigenvalue weighted by molar-refractivity contribution is 5.71. The molecule has 0 unspecified atom stereocenters. The van der Waals surface area contributed by atoms with E-state index in [9.17, 15) is 14.4 Å². The predicted octanol–water partition coefficient (Wildman–Crippen LogP) is 3.54. The Morgan fingerprint density at radius 3 is 1.15 bits per heavy atom. The third kappa shape index (κ3) is 32.7. The molecule has 0 heterocycles. The molecular formula is C26H48N2O11. The fourth-order valence-corrected chi connectivity index (χ4v) is 2.50. The molecule has 4 N–H and O–H groups in total. The molecule has 39 heavy (non-hydrogen) atoms. The van der Waals surface area contributed by atoms with Crippen molar-refractivity contribution >= 4 is 30.5 Å². The molecule has 0 spiro atoms. The molecule has 0 aromatic heterocycles. The first-order valence-corrected chi connectivity index (χ1v) is 12.1. The topological polar surface area (TPSA) is 202 Å². The van der Waals surface area contributed by atoms with Crippen molar-refractivity contribution in [1.82, 2.24) is 10.6 Å². The number of aliphatic hydroxyl groups excluding tert-OH is 1. The van der Waals surface area contributed by atoms with Gasteiger partial charge in [0.25, 0.3) is 0 Å². The number of carboxylic acids is 1. The Labute approximate surface area is 231 Å². The normalized spacial score (nSPS) is 12.4. The van der Waals surface area contributed by atoms with E-state index >= 15 is 0 Å². The standard InChI is InChI=1S/C12H23NO4.C12H25NO3.2CO2/c1-11(2,3)8(7-9(14)15)13-10(16)17-12(4,5)6;1-11(2,3)9(7-8-14)13-10(15)16-12(4,5)6;2*2-1-3/h8H,7H2,1-6H3,(H,13,16)(H,14,15);9,14H,7-8H2,1-6H3,(H,13,15);;/t8-;9-;;/m00../s1. The predicted molar refractivity (Wildman–Crippen MR) is 139 cm³/mol. The Balaban J connectivity index is -0.000000261. The van der Waals surface area contributed by atoms with Crippen LogP contribution in [0.5, 0.6) is 0 Å². The average Bonchev–Trinajstić information content (AvgIpc) is 2.64. The monoisotopic (exact) mass is 564 g/mol. The fraction of sp³-hybridized carbons (Fsp3) is 0.808. The van der Waals surface area contributed by atoms with Gasteiger partial charge in [0.05, 0.1) is 6.42 Å². The van der Waals surface area contributed by atoms with Gasteiger partial charge < -0.3 is 30.3 Å². The van der Waals surface area contributed by atoms with E-state index in [1.807, 2.05) is 62.3 Å². The van der Waals surface area contributed by atoms with E-state index in [0.717, 1.165) is 0 Å². The molecule has 13 heteroatoms. The van der Waals surface area contributed by atoms with Gasteiger partial charge in [-0.1, -0.05) is 41.5 Å². The maximum Gasteiger partial charge on any atom is 0.407 e. The van der Waals surface area contributed by atoms with Crippen LogP contribution in [0.4, 0.5) is 9.59 Å². The van der Waals surface area contributed by atoms with Crippen molar-refractivity contribution in [3.05, 3.63) is 0 Å². The van der Waals surface area contributed by atoms with E-state index in [2.05, 4.69) is 10.6 Å². The average molecular weight is 565 g/mol. The Bertz CT molecular complexity index is 775. The van der Waals surface area contributed by atoms with E-state index in [1.165, 1.54) is 0 Å². The van der Waals surface area contributed by atoms with E-state index in [1.54, 1.807) is 20.8 Å². The summed E-state index contributed by atoms with van der Waals surface area (Å²) < 4.78 is 10.3. The quantitative estimate of drug-likeness (QED) is 0.367. The van der Waals surface area contributed by atoms with E-state index in [4.69, 9.17) is 38.9 Å². The first kappa shape index (κ1) is 42.8. The van der Waals surface area contributed by atoms with E-state index in [0.29, 0.717) is 6.42 Å². The molecule has 0 saturated carbocycles. The van der Waals surface area contributed by atoms with Crippen LogP contribution in [0.15, 0.2) is 0 Å². The van der Waals surface area contributed by atoms with Gasteiger partial charge >= 0.3 is 30.5 Å². The molecule has 0 bridgehead atoms. The second kappa shape index (κ2) is 19.7. The maximum atomic E-state index is 11.6. The molecule has 0 saturated heterocycles. The zero-order valence-corrected chi connectivity index (χ0v) is 25.3. The Morgan fingerprint density at radius 2 is 0.949 bits per heavy atom. The molecule has 0 radical (unpaired) electrons. The third-order valence-electron chi connectivity index (χ3n) is 4.27. The number of ether oxygens (including phenoxy) is 2. The SMILES string of the molecule is CC(C)(C)OC(=O)N[C@@H](CC(=O)O)C(C)(C)C.CC(C)(C)OC(=O)N[C@@H](CCO)C(C)(C)C.O=C=O.O=C=O. The summed E-state index contributed by atoms with van der Waals surface area (Å²) in [5.41, 5.74) is -1.52. The lowest BCUT2D eigenvalue weighted by Gasteiger charge is -2.32. The number of rotatable bonds is 6. The second-order valence-electron chi connectivity index (χ2n) is 12.4. The molecule has 0 aromatic rings. The van der Waals surface area contributed by atoms with Crippen molar-refractivity contribution < 1.29 is 53.2 Å². The Morgan fingerprint density at radius 1 is 0.667 bits per heavy atom. The van der Waals surface area contributed by atoms with Crippen LogP contribution in [0.3, 0.4) is 0 Å². The van der Waals surface area contributed by atoms with Crippen LogP contribution < -0.4 is 10.6 Å². The smallest absolute Gasteiger partial charge is 0.407 e. The zero-order valence-electron chi connectivity index (χ0n) is 25.3. The molecule has 0 fully saturated rings. The van der Waals surface area contributed by atoms with E-state index in [-0.39, 0.29) is 42.2 Å². The van der Waals surface area contributed by atoms with Crippen molar-refractivity contribution in [2.24, 2.45) is 10.8 Å². The zero-order chi connectivity index (χ0) is 32.3. The molecule has 13 nitrogen and oxygen atoms in total. The molecule has 0 aromatic carbocycles. The summed E-state index contributed by atoms with van der Waals surface area (Å²) in [5, 5.41) is 23.2. The van der Waals surface area contributed by atoms with Crippen LogP contribution in [0.25, 0.3) is 0 Å². The lowest BCUT2D eigenvalue weighted by molar-refractivity contribution is -0.193. The number of alkyl carbamates (subject to hydrolysis) is 2. The van der Waals surface area contributed by atoms with Gasteiger partial charge in [-0.25, -0.2) is 9.59 Å². The second-order valence-corrected chi connectivity index (χ2v) is 12.4. The van der Waals surface area contributed by atoms with Crippen molar-refractivity contribution in [2.45, 2.75) is 119 Å². The number of carbonyl (C=O) groups is 3. The van der Waals surface area contributed by atoms with Crippen LogP contribution >= 0.6 is 0 Å². The minimum atomic E-state index is -0.944. The number of amides is 2. The number of aliphatic carboxylic acids is 1. The van der Waals surface area contributed by atoms with Crippen LogP contribution in [0, 0.1) is 10.8 Å². The molecular weight excluding hydrogens is 516 g/mol. The summed E-state index contributed by atoms with van der Waals surface area (Å²) in [7, 11) is 0. The first-order valence-electron chi connectivity index (χ1n) is 12.1. The Hall–Kier alpha value is -3.27. The van der Waals surface area contributed by atoms with Crippen molar-refractivity contribution in [3.8, 4) is 0 Å². The fourth-order valence-electron chi connectivity index (χ4n) is 2.50. The van der Waals surface area contributed by atoms with Crippen molar-refractivity contribution in [2.75, 3.05) is 6.61 Å². The summed E-state index contributed by atoms with van der Waals surface area (Å²) in [6.07, 6.45) is -0.106. The Kier molecular flexibility index (Phi) is 21.7. The number of carboxylic acid groups (broad SMARTS) is 1. The third-order valence-corrected chi connectivity index (χ3v) is 4.27. The summed E-state index contributed by atoms with van der Waals surface area (Å²) in [6.45, 7) is 22.5. The molecule has 0 aliphatic carbocycles. The number of aliphatic hydroxyl groups is 1. The molecule has 0 rings (SSSR count). The summed E-state index contributed by atoms with van der Waals surface area (Å²) in [6, 6.07) is -0.554. The van der Waals surface area contributed by atoms with Crippen LogP contribution in [0.1, 0.15) is 95.9 Å². The minimum absolute atomic E-state index is 0.0533. The first-order chi connectivity index (χ1) is 17.3. The maximum absolute atomic E-state index is 11.6. The lowest BCUT2D eigenvalue weighted by atomic mass is 9.85. The summed E-state index contributed by atoms with van der Waals surface area (Å²) in [5.74, 6) is -0.944. The molecule has 0 aliphatic heterocycles.